The number of aromatic nitrogens is 1. The highest BCUT2D eigenvalue weighted by molar-refractivity contribution is 5.63. The summed E-state index contributed by atoms with van der Waals surface area (Å²) >= 11 is 0. The Hall–Kier alpha value is -1.87. The molecule has 1 atom stereocenters. The van der Waals surface area contributed by atoms with Gasteiger partial charge in [-0.1, -0.05) is 17.7 Å². The number of pyridine rings is 1. The highest BCUT2D eigenvalue weighted by Crippen LogP contribution is 2.27. The van der Waals surface area contributed by atoms with Crippen LogP contribution in [0.3, 0.4) is 0 Å². The molecule has 0 radical (unpaired) electrons. The molecule has 0 amide bonds. The largest absolute Gasteiger partial charge is 0.389 e. The first kappa shape index (κ1) is 13.6. The lowest BCUT2D eigenvalue weighted by molar-refractivity contribution is 0.199. The van der Waals surface area contributed by atoms with Crippen molar-refractivity contribution in [3.8, 4) is 0 Å². The summed E-state index contributed by atoms with van der Waals surface area (Å²) in [5.74, 6) is 0.838. The van der Waals surface area contributed by atoms with Gasteiger partial charge in [-0.15, -0.1) is 0 Å². The second-order valence-corrected chi connectivity index (χ2v) is 4.97. The fourth-order valence-electron chi connectivity index (χ4n) is 2.18. The molecule has 0 saturated heterocycles. The van der Waals surface area contributed by atoms with E-state index in [0.29, 0.717) is 0 Å². The number of benzene rings is 1. The molecule has 1 aromatic carbocycles. The second kappa shape index (κ2) is 5.41. The standard InChI is InChI=1S/C16H20N2O/c1-11-5-6-15(12(2)9-11)18(4)16-10-14(13(3)19)7-8-17-16/h5-10,13,19H,1-4H3/t13-/m1/s1. The zero-order chi connectivity index (χ0) is 14.0. The second-order valence-electron chi connectivity index (χ2n) is 4.97. The van der Waals surface area contributed by atoms with E-state index in [4.69, 9.17) is 0 Å². The first-order chi connectivity index (χ1) is 8.99. The van der Waals surface area contributed by atoms with E-state index in [1.54, 1.807) is 13.1 Å². The molecule has 1 aromatic heterocycles. The number of anilines is 2. The van der Waals surface area contributed by atoms with E-state index in [9.17, 15) is 5.11 Å². The maximum atomic E-state index is 9.65. The van der Waals surface area contributed by atoms with E-state index in [2.05, 4.69) is 37.0 Å². The molecule has 0 saturated carbocycles. The van der Waals surface area contributed by atoms with Crippen molar-refractivity contribution < 1.29 is 5.11 Å². The van der Waals surface area contributed by atoms with Gasteiger partial charge in [-0.25, -0.2) is 4.98 Å². The van der Waals surface area contributed by atoms with E-state index in [-0.39, 0.29) is 0 Å². The summed E-state index contributed by atoms with van der Waals surface area (Å²) in [5, 5.41) is 9.65. The molecule has 0 aliphatic carbocycles. The van der Waals surface area contributed by atoms with E-state index < -0.39 is 6.10 Å². The van der Waals surface area contributed by atoms with Crippen LogP contribution in [0.15, 0.2) is 36.5 Å². The van der Waals surface area contributed by atoms with Gasteiger partial charge in [-0.2, -0.15) is 0 Å². The summed E-state index contributed by atoms with van der Waals surface area (Å²) in [6.07, 6.45) is 1.26. The van der Waals surface area contributed by atoms with Gasteiger partial charge in [0.1, 0.15) is 5.82 Å². The van der Waals surface area contributed by atoms with E-state index in [1.807, 2.05) is 24.1 Å². The third-order valence-electron chi connectivity index (χ3n) is 3.31. The Morgan fingerprint density at radius 2 is 1.89 bits per heavy atom. The van der Waals surface area contributed by atoms with Crippen LogP contribution in [0, 0.1) is 13.8 Å². The van der Waals surface area contributed by atoms with Crippen molar-refractivity contribution in [3.05, 3.63) is 53.2 Å². The fourth-order valence-corrected chi connectivity index (χ4v) is 2.18. The van der Waals surface area contributed by atoms with E-state index in [0.717, 1.165) is 17.1 Å². The maximum Gasteiger partial charge on any atom is 0.133 e. The van der Waals surface area contributed by atoms with Gasteiger partial charge in [0, 0.05) is 18.9 Å². The van der Waals surface area contributed by atoms with Gasteiger partial charge in [0.15, 0.2) is 0 Å². The molecule has 1 N–H and O–H groups in total. The predicted molar refractivity (Wildman–Crippen MR) is 78.8 cm³/mol. The first-order valence-electron chi connectivity index (χ1n) is 6.44. The zero-order valence-electron chi connectivity index (χ0n) is 11.9. The molecule has 0 unspecified atom stereocenters. The molecule has 3 nitrogen and oxygen atoms in total. The molecule has 100 valence electrons. The minimum absolute atomic E-state index is 0.478. The van der Waals surface area contributed by atoms with Crippen LogP contribution in [-0.2, 0) is 0 Å². The zero-order valence-corrected chi connectivity index (χ0v) is 11.9. The number of aryl methyl sites for hydroxylation is 2. The highest BCUT2D eigenvalue weighted by Gasteiger charge is 2.10. The molecular formula is C16H20N2O. The van der Waals surface area contributed by atoms with Crippen molar-refractivity contribution >= 4 is 11.5 Å². The first-order valence-corrected chi connectivity index (χ1v) is 6.44. The van der Waals surface area contributed by atoms with E-state index in [1.165, 1.54) is 11.1 Å². The Kier molecular flexibility index (Phi) is 3.86. The van der Waals surface area contributed by atoms with Crippen LogP contribution in [0.25, 0.3) is 0 Å². The fraction of sp³-hybridized carbons (Fsp3) is 0.312. The predicted octanol–water partition coefficient (Wildman–Crippen LogP) is 3.52. The summed E-state index contributed by atoms with van der Waals surface area (Å²) in [6.45, 7) is 5.94. The van der Waals surface area contributed by atoms with Gasteiger partial charge in [-0.05, 0) is 50.1 Å². The Morgan fingerprint density at radius 1 is 1.16 bits per heavy atom. The molecule has 2 aromatic rings. The Labute approximate surface area is 114 Å². The average Bonchev–Trinajstić information content (AvgIpc) is 2.38. The van der Waals surface area contributed by atoms with Crippen molar-refractivity contribution in [2.45, 2.75) is 26.9 Å². The van der Waals surface area contributed by atoms with Gasteiger partial charge in [0.05, 0.1) is 6.10 Å². The van der Waals surface area contributed by atoms with Gasteiger partial charge < -0.3 is 10.0 Å². The van der Waals surface area contributed by atoms with Crippen LogP contribution < -0.4 is 4.90 Å². The van der Waals surface area contributed by atoms with Crippen LogP contribution in [0.1, 0.15) is 29.7 Å². The summed E-state index contributed by atoms with van der Waals surface area (Å²) < 4.78 is 0. The summed E-state index contributed by atoms with van der Waals surface area (Å²) in [5.41, 5.74) is 4.47. The monoisotopic (exact) mass is 256 g/mol. The van der Waals surface area contributed by atoms with E-state index >= 15 is 0 Å². The van der Waals surface area contributed by atoms with Crippen LogP contribution in [0.2, 0.25) is 0 Å². The lowest BCUT2D eigenvalue weighted by Gasteiger charge is -2.21. The average molecular weight is 256 g/mol. The van der Waals surface area contributed by atoms with Gasteiger partial charge in [-0.3, -0.25) is 0 Å². The minimum atomic E-state index is -0.478. The summed E-state index contributed by atoms with van der Waals surface area (Å²) in [7, 11) is 1.99. The number of nitrogens with zero attached hydrogens (tertiary/aromatic N) is 2. The maximum absolute atomic E-state index is 9.65. The van der Waals surface area contributed by atoms with Crippen LogP contribution in [0.5, 0.6) is 0 Å². The number of aliphatic hydroxyl groups is 1. The number of hydrogen-bond acceptors (Lipinski definition) is 3. The molecule has 0 bridgehead atoms. The van der Waals surface area contributed by atoms with Crippen molar-refractivity contribution in [1.29, 1.82) is 0 Å². The third-order valence-corrected chi connectivity index (χ3v) is 3.31. The quantitative estimate of drug-likeness (QED) is 0.912. The Morgan fingerprint density at radius 3 is 2.53 bits per heavy atom. The van der Waals surface area contributed by atoms with Crippen LogP contribution in [0.4, 0.5) is 11.5 Å². The van der Waals surface area contributed by atoms with Gasteiger partial charge in [0.25, 0.3) is 0 Å². The van der Waals surface area contributed by atoms with Crippen molar-refractivity contribution in [2.75, 3.05) is 11.9 Å². The Bertz CT molecular complexity index is 579. The van der Waals surface area contributed by atoms with Crippen molar-refractivity contribution in [3.63, 3.8) is 0 Å². The van der Waals surface area contributed by atoms with Crippen LogP contribution >= 0.6 is 0 Å². The summed E-state index contributed by atoms with van der Waals surface area (Å²) in [6, 6.07) is 10.1. The third kappa shape index (κ3) is 2.93. The van der Waals surface area contributed by atoms with Gasteiger partial charge in [0.2, 0.25) is 0 Å². The molecule has 2 rings (SSSR count). The molecule has 0 fully saturated rings. The highest BCUT2D eigenvalue weighted by atomic mass is 16.3. The molecule has 0 aliphatic rings. The van der Waals surface area contributed by atoms with Crippen molar-refractivity contribution in [2.24, 2.45) is 0 Å². The number of aliphatic hydroxyl groups excluding tert-OH is 1. The smallest absolute Gasteiger partial charge is 0.133 e. The number of hydrogen-bond donors (Lipinski definition) is 1. The Balaban J connectivity index is 2.38. The molecule has 0 spiro atoms. The molecular weight excluding hydrogens is 236 g/mol. The molecule has 1 heterocycles. The van der Waals surface area contributed by atoms with Crippen molar-refractivity contribution in [1.82, 2.24) is 4.98 Å². The lowest BCUT2D eigenvalue weighted by atomic mass is 10.1. The minimum Gasteiger partial charge on any atom is -0.389 e. The normalized spacial score (nSPS) is 12.3. The summed E-state index contributed by atoms with van der Waals surface area (Å²) in [4.78, 5) is 6.42. The topological polar surface area (TPSA) is 36.4 Å². The van der Waals surface area contributed by atoms with Crippen LogP contribution in [-0.4, -0.2) is 17.1 Å². The molecule has 19 heavy (non-hydrogen) atoms. The van der Waals surface area contributed by atoms with Gasteiger partial charge >= 0.3 is 0 Å². The SMILES string of the molecule is Cc1ccc(N(C)c2cc([C@@H](C)O)ccn2)c(C)c1. The molecule has 0 aliphatic heterocycles. The molecule has 3 heteroatoms. The number of rotatable bonds is 3. The lowest BCUT2D eigenvalue weighted by Crippen LogP contribution is -2.13.